The molecule has 1 aliphatic rings. The van der Waals surface area contributed by atoms with E-state index in [2.05, 4.69) is 104 Å². The van der Waals surface area contributed by atoms with Crippen molar-refractivity contribution in [3.63, 3.8) is 0 Å². The van der Waals surface area contributed by atoms with Crippen molar-refractivity contribution in [2.24, 2.45) is 0 Å². The predicted octanol–water partition coefficient (Wildman–Crippen LogP) is 5.43. The third kappa shape index (κ3) is 4.58. The van der Waals surface area contributed by atoms with Crippen LogP contribution in [0.4, 0.5) is 0 Å². The van der Waals surface area contributed by atoms with Gasteiger partial charge in [-0.05, 0) is 60.0 Å². The molecule has 0 bridgehead atoms. The standard InChI is InChI=1S/C24H22Br2N2O/c1-2-15-3-5-16(6-4-15)21-14-22(20-13-19(26)11-12-23(20)29)28-24(27-21)17-7-9-18(25)10-8-17/h3-14,22,24,27-29H,2H2,1H3/p+1. The zero-order valence-electron chi connectivity index (χ0n) is 16.1. The van der Waals surface area contributed by atoms with Gasteiger partial charge in [0.25, 0.3) is 0 Å². The fourth-order valence-corrected chi connectivity index (χ4v) is 4.30. The highest BCUT2D eigenvalue weighted by atomic mass is 79.9. The summed E-state index contributed by atoms with van der Waals surface area (Å²) in [4.78, 5) is 0. The van der Waals surface area contributed by atoms with E-state index in [9.17, 15) is 5.11 Å². The molecule has 0 amide bonds. The highest BCUT2D eigenvalue weighted by molar-refractivity contribution is 9.10. The molecule has 0 radical (unpaired) electrons. The van der Waals surface area contributed by atoms with Crippen LogP contribution in [0.15, 0.2) is 81.8 Å². The van der Waals surface area contributed by atoms with E-state index in [1.165, 1.54) is 11.1 Å². The van der Waals surface area contributed by atoms with Crippen molar-refractivity contribution in [1.82, 2.24) is 5.32 Å². The number of aryl methyl sites for hydroxylation is 1. The molecule has 5 heteroatoms. The van der Waals surface area contributed by atoms with E-state index < -0.39 is 0 Å². The summed E-state index contributed by atoms with van der Waals surface area (Å²) in [6, 6.07) is 22.6. The van der Waals surface area contributed by atoms with Crippen molar-refractivity contribution >= 4 is 37.6 Å². The number of rotatable bonds is 4. The maximum Gasteiger partial charge on any atom is 0.186 e. The van der Waals surface area contributed by atoms with Gasteiger partial charge in [-0.25, -0.2) is 0 Å². The first-order valence-electron chi connectivity index (χ1n) is 9.70. The number of halogens is 2. The normalized spacial score (nSPS) is 18.8. The number of phenolic OH excluding ortho intramolecular Hbond substituents is 1. The number of benzene rings is 3. The van der Waals surface area contributed by atoms with Gasteiger partial charge in [0.2, 0.25) is 0 Å². The van der Waals surface area contributed by atoms with Crippen molar-refractivity contribution < 1.29 is 10.4 Å². The van der Waals surface area contributed by atoms with Gasteiger partial charge in [-0.15, -0.1) is 0 Å². The molecule has 0 aromatic heterocycles. The summed E-state index contributed by atoms with van der Waals surface area (Å²) in [6.45, 7) is 2.16. The molecule has 2 atom stereocenters. The van der Waals surface area contributed by atoms with Crippen molar-refractivity contribution in [3.05, 3.63) is 104 Å². The fraction of sp³-hybridized carbons (Fsp3) is 0.167. The molecule has 1 heterocycles. The highest BCUT2D eigenvalue weighted by Crippen LogP contribution is 2.31. The van der Waals surface area contributed by atoms with Crippen LogP contribution < -0.4 is 10.6 Å². The Kier molecular flexibility index (Phi) is 6.09. The lowest BCUT2D eigenvalue weighted by Gasteiger charge is -2.30. The molecule has 3 aromatic rings. The lowest BCUT2D eigenvalue weighted by atomic mass is 9.97. The van der Waals surface area contributed by atoms with Crippen LogP contribution in [0.1, 0.15) is 41.4 Å². The van der Waals surface area contributed by atoms with E-state index in [4.69, 9.17) is 0 Å². The van der Waals surface area contributed by atoms with Crippen LogP contribution >= 0.6 is 31.9 Å². The number of nitrogens with two attached hydrogens (primary N) is 1. The first kappa shape index (κ1) is 20.2. The van der Waals surface area contributed by atoms with Gasteiger partial charge in [0.15, 0.2) is 6.17 Å². The number of hydrogen-bond donors (Lipinski definition) is 3. The summed E-state index contributed by atoms with van der Waals surface area (Å²) in [7, 11) is 0. The molecule has 0 spiro atoms. The molecular formula is C24H23Br2N2O+. The molecule has 0 aliphatic carbocycles. The van der Waals surface area contributed by atoms with Gasteiger partial charge in [-0.2, -0.15) is 0 Å². The Morgan fingerprint density at radius 3 is 2.31 bits per heavy atom. The Hall–Kier alpha value is -2.08. The second-order valence-electron chi connectivity index (χ2n) is 7.23. The predicted molar refractivity (Wildman–Crippen MR) is 124 cm³/mol. The Labute approximate surface area is 188 Å². The third-order valence-electron chi connectivity index (χ3n) is 5.31. The van der Waals surface area contributed by atoms with Crippen LogP contribution in [0.2, 0.25) is 0 Å². The number of quaternary nitrogens is 1. The zero-order valence-corrected chi connectivity index (χ0v) is 19.2. The number of hydrogen-bond acceptors (Lipinski definition) is 2. The second-order valence-corrected chi connectivity index (χ2v) is 9.06. The smallest absolute Gasteiger partial charge is 0.186 e. The summed E-state index contributed by atoms with van der Waals surface area (Å²) in [5, 5.41) is 16.4. The Bertz CT molecular complexity index is 1030. The molecule has 29 heavy (non-hydrogen) atoms. The second kappa shape index (κ2) is 8.74. The Morgan fingerprint density at radius 1 is 0.931 bits per heavy atom. The minimum Gasteiger partial charge on any atom is -0.507 e. The molecular weight excluding hydrogens is 492 g/mol. The molecule has 0 fully saturated rings. The SMILES string of the molecule is CCc1ccc(C2=CC(c3cc(Br)ccc3O)[NH2+]C(c3ccc(Br)cc3)N2)cc1. The molecule has 0 saturated carbocycles. The molecule has 3 aromatic carbocycles. The van der Waals surface area contributed by atoms with E-state index in [-0.39, 0.29) is 12.2 Å². The molecule has 3 nitrogen and oxygen atoms in total. The van der Waals surface area contributed by atoms with Crippen LogP contribution in [0.3, 0.4) is 0 Å². The average Bonchev–Trinajstić information content (AvgIpc) is 2.75. The minimum absolute atomic E-state index is 0.0109. The van der Waals surface area contributed by atoms with Crippen LogP contribution in [-0.2, 0) is 6.42 Å². The van der Waals surface area contributed by atoms with Gasteiger partial charge in [0.05, 0.1) is 5.56 Å². The summed E-state index contributed by atoms with van der Waals surface area (Å²) < 4.78 is 2.02. The van der Waals surface area contributed by atoms with Gasteiger partial charge in [-0.3, -0.25) is 0 Å². The largest absolute Gasteiger partial charge is 0.507 e. The van der Waals surface area contributed by atoms with E-state index in [0.717, 1.165) is 32.2 Å². The van der Waals surface area contributed by atoms with E-state index in [1.807, 2.05) is 12.1 Å². The van der Waals surface area contributed by atoms with Crippen LogP contribution in [0, 0.1) is 0 Å². The first-order valence-corrected chi connectivity index (χ1v) is 11.3. The van der Waals surface area contributed by atoms with E-state index >= 15 is 0 Å². The zero-order chi connectivity index (χ0) is 20.4. The molecule has 4 rings (SSSR count). The van der Waals surface area contributed by atoms with Gasteiger partial charge in [-0.1, -0.05) is 63.0 Å². The fourth-order valence-electron chi connectivity index (χ4n) is 3.66. The third-order valence-corrected chi connectivity index (χ3v) is 6.33. The number of phenols is 1. The van der Waals surface area contributed by atoms with Crippen molar-refractivity contribution in [1.29, 1.82) is 0 Å². The van der Waals surface area contributed by atoms with Gasteiger partial charge in [0, 0.05) is 26.3 Å². The molecule has 148 valence electrons. The lowest BCUT2D eigenvalue weighted by molar-refractivity contribution is -0.731. The Balaban J connectivity index is 1.75. The van der Waals surface area contributed by atoms with Crippen molar-refractivity contribution in [3.8, 4) is 5.75 Å². The summed E-state index contributed by atoms with van der Waals surface area (Å²) in [5.41, 5.74) is 5.63. The average molecular weight is 515 g/mol. The van der Waals surface area contributed by atoms with Crippen LogP contribution in [0.5, 0.6) is 5.75 Å². The van der Waals surface area contributed by atoms with Gasteiger partial charge < -0.3 is 15.7 Å². The van der Waals surface area contributed by atoms with Gasteiger partial charge in [0.1, 0.15) is 11.8 Å². The topological polar surface area (TPSA) is 48.9 Å². The molecule has 1 aliphatic heterocycles. The Morgan fingerprint density at radius 2 is 1.62 bits per heavy atom. The monoisotopic (exact) mass is 513 g/mol. The molecule has 4 N–H and O–H groups in total. The maximum absolute atomic E-state index is 10.5. The van der Waals surface area contributed by atoms with Gasteiger partial charge >= 0.3 is 0 Å². The summed E-state index contributed by atoms with van der Waals surface area (Å²) >= 11 is 7.06. The highest BCUT2D eigenvalue weighted by Gasteiger charge is 2.29. The number of nitrogens with one attached hydrogen (secondary N) is 1. The minimum atomic E-state index is -0.0109. The maximum atomic E-state index is 10.5. The van der Waals surface area contributed by atoms with Crippen molar-refractivity contribution in [2.45, 2.75) is 25.6 Å². The van der Waals surface area contributed by atoms with E-state index in [0.29, 0.717) is 5.75 Å². The number of aromatic hydroxyl groups is 1. The van der Waals surface area contributed by atoms with Crippen LogP contribution in [-0.4, -0.2) is 5.11 Å². The quantitative estimate of drug-likeness (QED) is 0.435. The van der Waals surface area contributed by atoms with E-state index in [1.54, 1.807) is 6.07 Å². The first-order chi connectivity index (χ1) is 14.0. The summed E-state index contributed by atoms with van der Waals surface area (Å²) in [5.74, 6) is 0.308. The molecule has 2 unspecified atom stereocenters. The molecule has 0 saturated heterocycles. The van der Waals surface area contributed by atoms with Crippen LogP contribution in [0.25, 0.3) is 5.70 Å². The summed E-state index contributed by atoms with van der Waals surface area (Å²) in [6.07, 6.45) is 3.26. The lowest BCUT2D eigenvalue weighted by Crippen LogP contribution is -2.89. The van der Waals surface area contributed by atoms with Crippen molar-refractivity contribution in [2.75, 3.05) is 0 Å².